The number of carbonyl (C=O) groups is 1. The van der Waals surface area contributed by atoms with E-state index < -0.39 is 0 Å². The van der Waals surface area contributed by atoms with Crippen molar-refractivity contribution >= 4 is 5.78 Å². The molecule has 0 aromatic heterocycles. The summed E-state index contributed by atoms with van der Waals surface area (Å²) in [4.78, 5) is 11.5. The van der Waals surface area contributed by atoms with Gasteiger partial charge >= 0.3 is 0 Å². The third-order valence-electron chi connectivity index (χ3n) is 2.71. The normalized spacial score (nSPS) is 21.3. The Kier molecular flexibility index (Phi) is 2.15. The lowest BCUT2D eigenvalue weighted by Gasteiger charge is -2.22. The first kappa shape index (κ1) is 8.45. The van der Waals surface area contributed by atoms with Gasteiger partial charge in [0.2, 0.25) is 0 Å². The summed E-state index contributed by atoms with van der Waals surface area (Å²) < 4.78 is 0. The molecule has 1 aromatic rings. The number of fused-ring (bicyclic) bond motifs is 1. The lowest BCUT2D eigenvalue weighted by atomic mass is 9.82. The minimum atomic E-state index is 0.264. The largest absolute Gasteiger partial charge is 0.330 e. The molecular formula is C11H13NO. The molecule has 0 saturated carbocycles. The number of hydrogen-bond donors (Lipinski definition) is 1. The van der Waals surface area contributed by atoms with Gasteiger partial charge in [-0.25, -0.2) is 0 Å². The van der Waals surface area contributed by atoms with Crippen molar-refractivity contribution < 1.29 is 4.79 Å². The fourth-order valence-corrected chi connectivity index (χ4v) is 1.95. The Bertz CT molecular complexity index is 333. The van der Waals surface area contributed by atoms with Gasteiger partial charge < -0.3 is 5.73 Å². The van der Waals surface area contributed by atoms with Crippen LogP contribution in [0, 0.1) is 0 Å². The van der Waals surface area contributed by atoms with Gasteiger partial charge in [0, 0.05) is 12.0 Å². The molecule has 68 valence electrons. The summed E-state index contributed by atoms with van der Waals surface area (Å²) in [5.74, 6) is 0.647. The number of nitrogens with two attached hydrogens (primary N) is 1. The highest BCUT2D eigenvalue weighted by molar-refractivity contribution is 5.98. The molecule has 0 bridgehead atoms. The molecule has 2 N–H and O–H groups in total. The van der Waals surface area contributed by atoms with Crippen LogP contribution in [0.4, 0.5) is 0 Å². The number of rotatable bonds is 1. The second-order valence-electron chi connectivity index (χ2n) is 3.48. The molecule has 2 rings (SSSR count). The number of benzene rings is 1. The quantitative estimate of drug-likeness (QED) is 0.706. The molecule has 0 aliphatic heterocycles. The van der Waals surface area contributed by atoms with Gasteiger partial charge in [-0.05, 0) is 24.4 Å². The Labute approximate surface area is 77.8 Å². The number of carbonyl (C=O) groups excluding carboxylic acids is 1. The number of ketones is 1. The molecule has 2 nitrogen and oxygen atoms in total. The van der Waals surface area contributed by atoms with Crippen molar-refractivity contribution in [2.45, 2.75) is 18.8 Å². The van der Waals surface area contributed by atoms with E-state index in [4.69, 9.17) is 5.73 Å². The van der Waals surface area contributed by atoms with E-state index in [9.17, 15) is 4.79 Å². The first-order valence-electron chi connectivity index (χ1n) is 4.65. The van der Waals surface area contributed by atoms with Crippen molar-refractivity contribution in [1.29, 1.82) is 0 Å². The molecule has 1 atom stereocenters. The van der Waals surface area contributed by atoms with Crippen LogP contribution in [0.25, 0.3) is 0 Å². The summed E-state index contributed by atoms with van der Waals surface area (Å²) in [5, 5.41) is 0. The predicted molar refractivity (Wildman–Crippen MR) is 51.8 cm³/mol. The Hall–Kier alpha value is -1.15. The zero-order chi connectivity index (χ0) is 9.26. The number of Topliss-reactive ketones (excluding diaryl/α,β-unsaturated/α-hetero) is 1. The highest BCUT2D eigenvalue weighted by Crippen LogP contribution is 2.30. The van der Waals surface area contributed by atoms with Crippen LogP contribution in [0.15, 0.2) is 24.3 Å². The first-order valence-corrected chi connectivity index (χ1v) is 4.65. The van der Waals surface area contributed by atoms with E-state index in [0.717, 1.165) is 17.5 Å². The predicted octanol–water partition coefficient (Wildman–Crippen LogP) is 1.71. The Morgan fingerprint density at radius 2 is 2.15 bits per heavy atom. The molecule has 1 aliphatic carbocycles. The standard InChI is InChI=1S/C11H13NO/c12-7-8-5-6-11(13)10-4-2-1-3-9(8)10/h1-4,8H,5-7,12H2. The molecule has 0 radical (unpaired) electrons. The van der Waals surface area contributed by atoms with Crippen LogP contribution in [0.3, 0.4) is 0 Å². The molecule has 2 heteroatoms. The SMILES string of the molecule is NCC1CCC(=O)c2ccccc21. The molecule has 0 spiro atoms. The molecule has 0 heterocycles. The maximum Gasteiger partial charge on any atom is 0.163 e. The second kappa shape index (κ2) is 3.30. The van der Waals surface area contributed by atoms with Gasteiger partial charge in [-0.2, -0.15) is 0 Å². The molecule has 1 aromatic carbocycles. The summed E-state index contributed by atoms with van der Waals surface area (Å²) in [6.07, 6.45) is 1.56. The van der Waals surface area contributed by atoms with Crippen molar-refractivity contribution in [3.05, 3.63) is 35.4 Å². The smallest absolute Gasteiger partial charge is 0.163 e. The summed E-state index contributed by atoms with van der Waals surface area (Å²) in [7, 11) is 0. The van der Waals surface area contributed by atoms with Crippen molar-refractivity contribution in [1.82, 2.24) is 0 Å². The summed E-state index contributed by atoms with van der Waals surface area (Å²) in [6.45, 7) is 0.643. The first-order chi connectivity index (χ1) is 6.33. The maximum absolute atomic E-state index is 11.5. The Balaban J connectivity index is 2.47. The van der Waals surface area contributed by atoms with E-state index >= 15 is 0 Å². The van der Waals surface area contributed by atoms with Gasteiger partial charge in [0.05, 0.1) is 0 Å². The lowest BCUT2D eigenvalue weighted by molar-refractivity contribution is 0.0967. The molecule has 13 heavy (non-hydrogen) atoms. The second-order valence-corrected chi connectivity index (χ2v) is 3.48. The maximum atomic E-state index is 11.5. The van der Waals surface area contributed by atoms with Crippen molar-refractivity contribution in [3.8, 4) is 0 Å². The molecule has 0 amide bonds. The van der Waals surface area contributed by atoms with E-state index in [1.165, 1.54) is 0 Å². The fourth-order valence-electron chi connectivity index (χ4n) is 1.95. The van der Waals surface area contributed by atoms with Gasteiger partial charge in [0.15, 0.2) is 5.78 Å². The van der Waals surface area contributed by atoms with E-state index in [2.05, 4.69) is 0 Å². The highest BCUT2D eigenvalue weighted by atomic mass is 16.1. The molecule has 0 saturated heterocycles. The van der Waals surface area contributed by atoms with Crippen LogP contribution in [0.5, 0.6) is 0 Å². The van der Waals surface area contributed by atoms with Gasteiger partial charge in [-0.1, -0.05) is 24.3 Å². The Morgan fingerprint density at radius 1 is 1.38 bits per heavy atom. The van der Waals surface area contributed by atoms with Crippen LogP contribution in [0.2, 0.25) is 0 Å². The van der Waals surface area contributed by atoms with Crippen molar-refractivity contribution in [2.75, 3.05) is 6.54 Å². The molecule has 1 aliphatic rings. The van der Waals surface area contributed by atoms with Crippen LogP contribution in [-0.4, -0.2) is 12.3 Å². The monoisotopic (exact) mass is 175 g/mol. The van der Waals surface area contributed by atoms with E-state index in [-0.39, 0.29) is 5.78 Å². The zero-order valence-electron chi connectivity index (χ0n) is 7.49. The van der Waals surface area contributed by atoms with Gasteiger partial charge in [0.25, 0.3) is 0 Å². The molecular weight excluding hydrogens is 162 g/mol. The minimum Gasteiger partial charge on any atom is -0.330 e. The fraction of sp³-hybridized carbons (Fsp3) is 0.364. The van der Waals surface area contributed by atoms with Crippen LogP contribution in [0.1, 0.15) is 34.7 Å². The summed E-state index contributed by atoms with van der Waals surface area (Å²) in [6, 6.07) is 7.80. The van der Waals surface area contributed by atoms with Crippen LogP contribution >= 0.6 is 0 Å². The molecule has 0 fully saturated rings. The minimum absolute atomic E-state index is 0.264. The van der Waals surface area contributed by atoms with Crippen molar-refractivity contribution in [3.63, 3.8) is 0 Å². The zero-order valence-corrected chi connectivity index (χ0v) is 7.49. The third kappa shape index (κ3) is 1.38. The molecule has 1 unspecified atom stereocenters. The number of hydrogen-bond acceptors (Lipinski definition) is 2. The lowest BCUT2D eigenvalue weighted by Crippen LogP contribution is -2.21. The Morgan fingerprint density at radius 3 is 2.92 bits per heavy atom. The van der Waals surface area contributed by atoms with Gasteiger partial charge in [0.1, 0.15) is 0 Å². The van der Waals surface area contributed by atoms with E-state index in [1.54, 1.807) is 0 Å². The van der Waals surface area contributed by atoms with Crippen molar-refractivity contribution in [2.24, 2.45) is 5.73 Å². The van der Waals surface area contributed by atoms with Gasteiger partial charge in [-0.3, -0.25) is 4.79 Å². The van der Waals surface area contributed by atoms with Crippen LogP contribution in [-0.2, 0) is 0 Å². The topological polar surface area (TPSA) is 43.1 Å². The van der Waals surface area contributed by atoms with Crippen LogP contribution < -0.4 is 5.73 Å². The van der Waals surface area contributed by atoms with E-state index in [1.807, 2.05) is 24.3 Å². The van der Waals surface area contributed by atoms with Gasteiger partial charge in [-0.15, -0.1) is 0 Å². The van der Waals surface area contributed by atoms with E-state index in [0.29, 0.717) is 18.9 Å². The highest BCUT2D eigenvalue weighted by Gasteiger charge is 2.23. The average molecular weight is 175 g/mol. The summed E-state index contributed by atoms with van der Waals surface area (Å²) >= 11 is 0. The summed E-state index contributed by atoms with van der Waals surface area (Å²) in [5.41, 5.74) is 7.67. The average Bonchev–Trinajstić information content (AvgIpc) is 2.19. The third-order valence-corrected chi connectivity index (χ3v) is 2.71.